The van der Waals surface area contributed by atoms with Gasteiger partial charge in [0, 0.05) is 5.02 Å². The average Bonchev–Trinajstić information content (AvgIpc) is 3.28. The number of aryl methyl sites for hydroxylation is 1. The summed E-state index contributed by atoms with van der Waals surface area (Å²) in [5.41, 5.74) is 1.65. The number of carbonyl (C=O) groups is 1. The summed E-state index contributed by atoms with van der Waals surface area (Å²) in [5, 5.41) is 5.22. The lowest BCUT2D eigenvalue weighted by Gasteiger charge is -2.03. The third kappa shape index (κ3) is 4.32. The number of fused-ring (bicyclic) bond motifs is 1. The Morgan fingerprint density at radius 3 is 2.64 bits per heavy atom. The molecule has 0 saturated carbocycles. The molecule has 4 aromatic rings. The summed E-state index contributed by atoms with van der Waals surface area (Å²) in [6.45, 7) is 2.53. The van der Waals surface area contributed by atoms with Gasteiger partial charge in [-0.2, -0.15) is 0 Å². The number of para-hydroxylation sites is 1. The SMILES string of the molecule is Cc1nc(COc2ccc(Cl)cc2)sc1C(=O)NCc1nc2ccccc2s1. The van der Waals surface area contributed by atoms with Crippen molar-refractivity contribution in [1.29, 1.82) is 0 Å². The van der Waals surface area contributed by atoms with E-state index in [2.05, 4.69) is 15.3 Å². The number of hydrogen-bond donors (Lipinski definition) is 1. The van der Waals surface area contributed by atoms with Crippen LogP contribution in [0.4, 0.5) is 0 Å². The number of nitrogens with one attached hydrogen (secondary N) is 1. The summed E-state index contributed by atoms with van der Waals surface area (Å²) in [4.78, 5) is 22.1. The molecule has 0 saturated heterocycles. The fraction of sp³-hybridized carbons (Fsp3) is 0.150. The predicted molar refractivity (Wildman–Crippen MR) is 113 cm³/mol. The number of benzene rings is 2. The van der Waals surface area contributed by atoms with E-state index in [1.54, 1.807) is 35.6 Å². The smallest absolute Gasteiger partial charge is 0.263 e. The van der Waals surface area contributed by atoms with Crippen LogP contribution < -0.4 is 10.1 Å². The number of amides is 1. The summed E-state index contributed by atoms with van der Waals surface area (Å²) in [6.07, 6.45) is 0. The van der Waals surface area contributed by atoms with Gasteiger partial charge in [0.15, 0.2) is 0 Å². The molecule has 4 rings (SSSR count). The number of hydrogen-bond acceptors (Lipinski definition) is 6. The van der Waals surface area contributed by atoms with Crippen molar-refractivity contribution in [3.05, 3.63) is 74.1 Å². The highest BCUT2D eigenvalue weighted by Crippen LogP contribution is 2.23. The molecule has 0 aliphatic rings. The predicted octanol–water partition coefficient (Wildman–Crippen LogP) is 5.22. The van der Waals surface area contributed by atoms with Crippen molar-refractivity contribution in [2.45, 2.75) is 20.1 Å². The number of nitrogens with zero attached hydrogens (tertiary/aromatic N) is 2. The second-order valence-corrected chi connectivity index (χ2v) is 8.66. The van der Waals surface area contributed by atoms with Crippen LogP contribution in [0.15, 0.2) is 48.5 Å². The van der Waals surface area contributed by atoms with Gasteiger partial charge in [0.1, 0.15) is 27.2 Å². The molecule has 0 radical (unpaired) electrons. The van der Waals surface area contributed by atoms with Crippen molar-refractivity contribution in [3.8, 4) is 5.75 Å². The van der Waals surface area contributed by atoms with Crippen LogP contribution in [-0.2, 0) is 13.2 Å². The Kier molecular flexibility index (Phi) is 5.57. The van der Waals surface area contributed by atoms with E-state index in [1.165, 1.54) is 11.3 Å². The van der Waals surface area contributed by atoms with E-state index in [0.29, 0.717) is 34.5 Å². The van der Waals surface area contributed by atoms with Crippen LogP contribution in [0.3, 0.4) is 0 Å². The molecule has 8 heteroatoms. The molecule has 0 bridgehead atoms. The van der Waals surface area contributed by atoms with Crippen molar-refractivity contribution in [3.63, 3.8) is 0 Å². The first-order chi connectivity index (χ1) is 13.6. The molecule has 2 aromatic carbocycles. The minimum atomic E-state index is -0.146. The summed E-state index contributed by atoms with van der Waals surface area (Å²) < 4.78 is 6.82. The largest absolute Gasteiger partial charge is 0.486 e. The second kappa shape index (κ2) is 8.26. The third-order valence-electron chi connectivity index (χ3n) is 3.96. The first kappa shape index (κ1) is 18.9. The zero-order valence-electron chi connectivity index (χ0n) is 14.9. The number of rotatable bonds is 6. The number of aromatic nitrogens is 2. The van der Waals surface area contributed by atoms with E-state index in [-0.39, 0.29) is 5.91 Å². The monoisotopic (exact) mass is 429 g/mol. The van der Waals surface area contributed by atoms with Gasteiger partial charge in [0.2, 0.25) is 0 Å². The Morgan fingerprint density at radius 2 is 1.86 bits per heavy atom. The molecule has 0 aliphatic heterocycles. The lowest BCUT2D eigenvalue weighted by Crippen LogP contribution is -2.22. The van der Waals surface area contributed by atoms with Crippen LogP contribution >= 0.6 is 34.3 Å². The zero-order valence-corrected chi connectivity index (χ0v) is 17.3. The van der Waals surface area contributed by atoms with Gasteiger partial charge in [-0.25, -0.2) is 9.97 Å². The van der Waals surface area contributed by atoms with E-state index in [4.69, 9.17) is 16.3 Å². The van der Waals surface area contributed by atoms with Gasteiger partial charge in [-0.3, -0.25) is 4.79 Å². The number of ether oxygens (including phenoxy) is 1. The van der Waals surface area contributed by atoms with Gasteiger partial charge in [-0.05, 0) is 43.3 Å². The maximum Gasteiger partial charge on any atom is 0.263 e. The quantitative estimate of drug-likeness (QED) is 0.456. The minimum Gasteiger partial charge on any atom is -0.486 e. The van der Waals surface area contributed by atoms with E-state index >= 15 is 0 Å². The van der Waals surface area contributed by atoms with Gasteiger partial charge in [0.05, 0.1) is 22.5 Å². The Labute approximate surface area is 175 Å². The minimum absolute atomic E-state index is 0.146. The lowest BCUT2D eigenvalue weighted by molar-refractivity contribution is 0.0954. The van der Waals surface area contributed by atoms with Crippen molar-refractivity contribution in [2.24, 2.45) is 0 Å². The fourth-order valence-electron chi connectivity index (χ4n) is 2.63. The molecule has 28 heavy (non-hydrogen) atoms. The average molecular weight is 430 g/mol. The van der Waals surface area contributed by atoms with E-state index in [0.717, 1.165) is 20.2 Å². The van der Waals surface area contributed by atoms with Crippen molar-refractivity contribution in [2.75, 3.05) is 0 Å². The van der Waals surface area contributed by atoms with Gasteiger partial charge in [0.25, 0.3) is 5.91 Å². The Bertz CT molecular complexity index is 1090. The van der Waals surface area contributed by atoms with Crippen LogP contribution in [0.2, 0.25) is 5.02 Å². The molecular weight excluding hydrogens is 414 g/mol. The molecule has 1 amide bonds. The third-order valence-corrected chi connectivity index (χ3v) is 6.38. The molecule has 2 aromatic heterocycles. The van der Waals surface area contributed by atoms with Crippen molar-refractivity contribution in [1.82, 2.24) is 15.3 Å². The van der Waals surface area contributed by atoms with Crippen LogP contribution in [0.5, 0.6) is 5.75 Å². The number of halogens is 1. The molecule has 0 unspecified atom stereocenters. The van der Waals surface area contributed by atoms with Gasteiger partial charge < -0.3 is 10.1 Å². The maximum absolute atomic E-state index is 12.6. The molecule has 142 valence electrons. The van der Waals surface area contributed by atoms with Crippen LogP contribution in [-0.4, -0.2) is 15.9 Å². The summed E-state index contributed by atoms with van der Waals surface area (Å²) >= 11 is 8.79. The summed E-state index contributed by atoms with van der Waals surface area (Å²) in [7, 11) is 0. The van der Waals surface area contributed by atoms with Crippen LogP contribution in [0.1, 0.15) is 25.4 Å². The molecule has 5 nitrogen and oxygen atoms in total. The topological polar surface area (TPSA) is 64.1 Å². The van der Waals surface area contributed by atoms with E-state index in [1.807, 2.05) is 31.2 Å². The number of carbonyl (C=O) groups excluding carboxylic acids is 1. The highest BCUT2D eigenvalue weighted by Gasteiger charge is 2.16. The molecule has 0 atom stereocenters. The lowest BCUT2D eigenvalue weighted by atomic mass is 10.3. The van der Waals surface area contributed by atoms with E-state index in [9.17, 15) is 4.79 Å². The summed E-state index contributed by atoms with van der Waals surface area (Å²) in [6, 6.07) is 15.1. The van der Waals surface area contributed by atoms with Gasteiger partial charge in [-0.1, -0.05) is 23.7 Å². The molecule has 0 aliphatic carbocycles. The van der Waals surface area contributed by atoms with E-state index < -0.39 is 0 Å². The highest BCUT2D eigenvalue weighted by molar-refractivity contribution is 7.18. The van der Waals surface area contributed by atoms with Crippen LogP contribution in [0, 0.1) is 6.92 Å². The Morgan fingerprint density at radius 1 is 1.07 bits per heavy atom. The Hall–Kier alpha value is -2.48. The zero-order chi connectivity index (χ0) is 19.5. The van der Waals surface area contributed by atoms with Crippen LogP contribution in [0.25, 0.3) is 10.2 Å². The number of thiazole rings is 2. The van der Waals surface area contributed by atoms with Gasteiger partial charge in [-0.15, -0.1) is 22.7 Å². The van der Waals surface area contributed by atoms with Gasteiger partial charge >= 0.3 is 0 Å². The molecule has 2 heterocycles. The molecular formula is C20H16ClN3O2S2. The van der Waals surface area contributed by atoms with Crippen molar-refractivity contribution >= 4 is 50.4 Å². The molecule has 0 fully saturated rings. The normalized spacial score (nSPS) is 10.9. The maximum atomic E-state index is 12.6. The highest BCUT2D eigenvalue weighted by atomic mass is 35.5. The molecule has 0 spiro atoms. The first-order valence-corrected chi connectivity index (χ1v) is 10.6. The molecule has 1 N–H and O–H groups in total. The summed E-state index contributed by atoms with van der Waals surface area (Å²) in [5.74, 6) is 0.561. The fourth-order valence-corrected chi connectivity index (χ4v) is 4.56. The van der Waals surface area contributed by atoms with Crippen molar-refractivity contribution < 1.29 is 9.53 Å². The Balaban J connectivity index is 1.38. The second-order valence-electron chi connectivity index (χ2n) is 6.02. The first-order valence-electron chi connectivity index (χ1n) is 8.56. The standard InChI is InChI=1S/C20H16ClN3O2S2/c1-12-19(28-18(23-12)11-26-14-8-6-13(21)7-9-14)20(25)22-10-17-24-15-4-2-3-5-16(15)27-17/h2-9H,10-11H2,1H3,(H,22,25).